The Labute approximate surface area is 128 Å². The summed E-state index contributed by atoms with van der Waals surface area (Å²) in [6, 6.07) is 7.82. The molecule has 0 N–H and O–H groups in total. The van der Waals surface area contributed by atoms with Gasteiger partial charge >= 0.3 is 6.61 Å². The first-order valence-electron chi connectivity index (χ1n) is 5.92. The fourth-order valence-electron chi connectivity index (χ4n) is 1.97. The van der Waals surface area contributed by atoms with E-state index in [2.05, 4.69) is 9.72 Å². The lowest BCUT2D eigenvalue weighted by atomic mass is 10.2. The zero-order valence-electron chi connectivity index (χ0n) is 10.4. The van der Waals surface area contributed by atoms with Gasteiger partial charge in [-0.15, -0.1) is 0 Å². The quantitative estimate of drug-likeness (QED) is 0.682. The first-order valence-corrected chi connectivity index (χ1v) is 6.67. The summed E-state index contributed by atoms with van der Waals surface area (Å²) in [6.45, 7) is -2.84. The smallest absolute Gasteiger partial charge is 0.387 e. The van der Waals surface area contributed by atoms with Crippen LogP contribution in [0.4, 0.5) is 8.78 Å². The minimum absolute atomic E-state index is 0.0959. The standard InChI is InChI=1S/C14H8Cl2F2N2O/c15-9-5-11(16)13-19-12(7-20(13)6-9)8-1-3-10(4-2-8)21-14(17)18/h1-7,14H. The molecule has 0 aliphatic carbocycles. The first kappa shape index (κ1) is 14.1. The van der Waals surface area contributed by atoms with E-state index in [1.54, 1.807) is 35.0 Å². The second kappa shape index (κ2) is 5.50. The van der Waals surface area contributed by atoms with Crippen LogP contribution in [-0.2, 0) is 0 Å². The minimum atomic E-state index is -2.84. The van der Waals surface area contributed by atoms with Gasteiger partial charge in [0.25, 0.3) is 0 Å². The highest BCUT2D eigenvalue weighted by molar-refractivity contribution is 6.36. The molecule has 2 aromatic heterocycles. The van der Waals surface area contributed by atoms with Crippen LogP contribution in [-0.4, -0.2) is 16.0 Å². The third-order valence-corrected chi connectivity index (χ3v) is 3.33. The summed E-state index contributed by atoms with van der Waals surface area (Å²) in [6.07, 6.45) is 3.45. The van der Waals surface area contributed by atoms with Crippen LogP contribution in [0.3, 0.4) is 0 Å². The maximum Gasteiger partial charge on any atom is 0.387 e. The SMILES string of the molecule is FC(F)Oc1ccc(-c2cn3cc(Cl)cc(Cl)c3n2)cc1. The molecule has 1 aromatic carbocycles. The summed E-state index contributed by atoms with van der Waals surface area (Å²) in [7, 11) is 0. The summed E-state index contributed by atoms with van der Waals surface area (Å²) in [5.74, 6) is 0.0959. The number of aromatic nitrogens is 2. The Kier molecular flexibility index (Phi) is 3.69. The monoisotopic (exact) mass is 328 g/mol. The van der Waals surface area contributed by atoms with Gasteiger partial charge in [-0.25, -0.2) is 4.98 Å². The summed E-state index contributed by atoms with van der Waals surface area (Å²) in [4.78, 5) is 4.40. The highest BCUT2D eigenvalue weighted by atomic mass is 35.5. The van der Waals surface area contributed by atoms with Crippen molar-refractivity contribution in [1.82, 2.24) is 9.38 Å². The number of nitrogens with zero attached hydrogens (tertiary/aromatic N) is 2. The molecule has 21 heavy (non-hydrogen) atoms. The minimum Gasteiger partial charge on any atom is -0.435 e. The van der Waals surface area contributed by atoms with Gasteiger partial charge in [0, 0.05) is 18.0 Å². The van der Waals surface area contributed by atoms with Gasteiger partial charge in [-0.05, 0) is 30.3 Å². The molecule has 0 fully saturated rings. The van der Waals surface area contributed by atoms with E-state index in [9.17, 15) is 8.78 Å². The van der Waals surface area contributed by atoms with E-state index in [-0.39, 0.29) is 5.75 Å². The maximum atomic E-state index is 12.1. The third-order valence-electron chi connectivity index (χ3n) is 2.85. The van der Waals surface area contributed by atoms with Crippen molar-refractivity contribution >= 4 is 28.8 Å². The van der Waals surface area contributed by atoms with Crippen LogP contribution in [0.5, 0.6) is 5.75 Å². The highest BCUT2D eigenvalue weighted by Crippen LogP contribution is 2.27. The lowest BCUT2D eigenvalue weighted by molar-refractivity contribution is -0.0498. The molecule has 3 aromatic rings. The van der Waals surface area contributed by atoms with Crippen LogP contribution in [0, 0.1) is 0 Å². The van der Waals surface area contributed by atoms with Gasteiger partial charge in [-0.2, -0.15) is 8.78 Å². The molecule has 7 heteroatoms. The number of hydrogen-bond donors (Lipinski definition) is 0. The predicted octanol–water partition coefficient (Wildman–Crippen LogP) is 4.91. The van der Waals surface area contributed by atoms with Crippen molar-refractivity contribution in [1.29, 1.82) is 0 Å². The van der Waals surface area contributed by atoms with Gasteiger partial charge in [0.1, 0.15) is 5.75 Å². The molecule has 108 valence electrons. The van der Waals surface area contributed by atoms with Crippen LogP contribution >= 0.6 is 23.2 Å². The second-order valence-electron chi connectivity index (χ2n) is 4.27. The zero-order chi connectivity index (χ0) is 15.0. The summed E-state index contributed by atoms with van der Waals surface area (Å²) in [5.41, 5.74) is 1.99. The van der Waals surface area contributed by atoms with E-state index in [4.69, 9.17) is 23.2 Å². The van der Waals surface area contributed by atoms with Crippen LogP contribution in [0.1, 0.15) is 0 Å². The van der Waals surface area contributed by atoms with Crippen molar-refractivity contribution in [3.8, 4) is 17.0 Å². The molecule has 0 unspecified atom stereocenters. The van der Waals surface area contributed by atoms with E-state index < -0.39 is 6.61 Å². The van der Waals surface area contributed by atoms with Crippen molar-refractivity contribution in [3.05, 3.63) is 52.8 Å². The second-order valence-corrected chi connectivity index (χ2v) is 5.11. The van der Waals surface area contributed by atoms with E-state index >= 15 is 0 Å². The molecule has 0 aliphatic heterocycles. The molecule has 0 saturated heterocycles. The molecular weight excluding hydrogens is 321 g/mol. The number of alkyl halides is 2. The summed E-state index contributed by atoms with van der Waals surface area (Å²) >= 11 is 12.0. The molecule has 0 saturated carbocycles. The zero-order valence-corrected chi connectivity index (χ0v) is 11.9. The first-order chi connectivity index (χ1) is 10.0. The van der Waals surface area contributed by atoms with Crippen LogP contribution < -0.4 is 4.74 Å². The molecule has 0 aliphatic rings. The Hall–Kier alpha value is -1.85. The number of benzene rings is 1. The van der Waals surface area contributed by atoms with Gasteiger partial charge in [0.2, 0.25) is 0 Å². The summed E-state index contributed by atoms with van der Waals surface area (Å²) in [5, 5.41) is 0.934. The molecule has 0 spiro atoms. The number of pyridine rings is 1. The molecule has 0 radical (unpaired) electrons. The Bertz CT molecular complexity index is 788. The van der Waals surface area contributed by atoms with Crippen molar-refractivity contribution < 1.29 is 13.5 Å². The van der Waals surface area contributed by atoms with Crippen LogP contribution in [0.25, 0.3) is 16.9 Å². The van der Waals surface area contributed by atoms with E-state index in [0.29, 0.717) is 21.4 Å². The fourth-order valence-corrected chi connectivity index (χ4v) is 2.50. The molecule has 0 atom stereocenters. The lowest BCUT2D eigenvalue weighted by Gasteiger charge is -2.04. The topological polar surface area (TPSA) is 26.5 Å². The maximum absolute atomic E-state index is 12.1. The summed E-state index contributed by atoms with van der Waals surface area (Å²) < 4.78 is 30.2. The molecular formula is C14H8Cl2F2N2O. The average molecular weight is 329 g/mol. The normalized spacial score (nSPS) is 11.3. The molecule has 0 amide bonds. The average Bonchev–Trinajstić information content (AvgIpc) is 2.83. The highest BCUT2D eigenvalue weighted by Gasteiger charge is 2.09. The lowest BCUT2D eigenvalue weighted by Crippen LogP contribution is -2.01. The Morgan fingerprint density at radius 1 is 1.10 bits per heavy atom. The predicted molar refractivity (Wildman–Crippen MR) is 77.3 cm³/mol. The number of rotatable bonds is 3. The number of imidazole rings is 1. The van der Waals surface area contributed by atoms with E-state index in [0.717, 1.165) is 5.56 Å². The number of hydrogen-bond acceptors (Lipinski definition) is 2. The molecule has 0 bridgehead atoms. The third kappa shape index (κ3) is 2.94. The van der Waals surface area contributed by atoms with E-state index in [1.807, 2.05) is 0 Å². The Morgan fingerprint density at radius 2 is 1.81 bits per heavy atom. The van der Waals surface area contributed by atoms with Crippen molar-refractivity contribution in [3.63, 3.8) is 0 Å². The molecule has 3 nitrogen and oxygen atoms in total. The van der Waals surface area contributed by atoms with Gasteiger partial charge < -0.3 is 9.14 Å². The largest absolute Gasteiger partial charge is 0.435 e. The Balaban J connectivity index is 1.98. The van der Waals surface area contributed by atoms with Gasteiger partial charge in [0.15, 0.2) is 5.65 Å². The number of fused-ring (bicyclic) bond motifs is 1. The fraction of sp³-hybridized carbons (Fsp3) is 0.0714. The van der Waals surface area contributed by atoms with Gasteiger partial charge in [-0.3, -0.25) is 0 Å². The Morgan fingerprint density at radius 3 is 2.48 bits per heavy atom. The number of ether oxygens (including phenoxy) is 1. The molecule has 2 heterocycles. The van der Waals surface area contributed by atoms with Crippen molar-refractivity contribution in [2.45, 2.75) is 6.61 Å². The van der Waals surface area contributed by atoms with Gasteiger partial charge in [0.05, 0.1) is 15.7 Å². The number of halogens is 4. The van der Waals surface area contributed by atoms with Crippen LogP contribution in [0.15, 0.2) is 42.7 Å². The van der Waals surface area contributed by atoms with Gasteiger partial charge in [-0.1, -0.05) is 23.2 Å². The van der Waals surface area contributed by atoms with Crippen molar-refractivity contribution in [2.24, 2.45) is 0 Å². The van der Waals surface area contributed by atoms with Crippen molar-refractivity contribution in [2.75, 3.05) is 0 Å². The van der Waals surface area contributed by atoms with Crippen LogP contribution in [0.2, 0.25) is 10.0 Å². The molecule has 3 rings (SSSR count). The van der Waals surface area contributed by atoms with E-state index in [1.165, 1.54) is 12.1 Å².